The Labute approximate surface area is 436 Å². The zero-order chi connectivity index (χ0) is 51.7. The lowest BCUT2D eigenvalue weighted by molar-refractivity contribution is -0.161. The van der Waals surface area contributed by atoms with Crippen LogP contribution in [0.5, 0.6) is 0 Å². The molecular formula is C61H108NO8P. The van der Waals surface area contributed by atoms with Gasteiger partial charge in [-0.3, -0.25) is 18.6 Å². The molecular weight excluding hydrogens is 906 g/mol. The lowest BCUT2D eigenvalue weighted by Crippen LogP contribution is -2.29. The maximum absolute atomic E-state index is 12.7. The van der Waals surface area contributed by atoms with Gasteiger partial charge in [-0.25, -0.2) is 4.57 Å². The molecule has 0 radical (unpaired) electrons. The Kier molecular flexibility index (Phi) is 54.2. The molecule has 0 saturated heterocycles. The second-order valence-electron chi connectivity index (χ2n) is 19.1. The summed E-state index contributed by atoms with van der Waals surface area (Å²) in [6, 6.07) is 0. The second-order valence-corrected chi connectivity index (χ2v) is 20.6. The molecule has 0 spiro atoms. The van der Waals surface area contributed by atoms with Crippen molar-refractivity contribution in [1.82, 2.24) is 0 Å². The van der Waals surface area contributed by atoms with Crippen molar-refractivity contribution in [3.05, 3.63) is 85.1 Å². The highest BCUT2D eigenvalue weighted by molar-refractivity contribution is 7.47. The molecule has 9 nitrogen and oxygen atoms in total. The molecule has 0 aromatic rings. The number of unbranched alkanes of at least 4 members (excludes halogenated alkanes) is 27. The molecule has 0 rings (SSSR count). The minimum Gasteiger partial charge on any atom is -0.462 e. The number of phosphoric acid groups is 1. The number of hydrogen-bond acceptors (Lipinski definition) is 8. The first-order chi connectivity index (χ1) is 34.8. The van der Waals surface area contributed by atoms with Crippen LogP contribution in [0.25, 0.3) is 0 Å². The number of carbonyl (C=O) groups is 2. The summed E-state index contributed by atoms with van der Waals surface area (Å²) in [5, 5.41) is 0. The quantitative estimate of drug-likeness (QED) is 0.0264. The van der Waals surface area contributed by atoms with E-state index in [1.807, 2.05) is 0 Å². The summed E-state index contributed by atoms with van der Waals surface area (Å²) in [6.07, 6.45) is 73.4. The van der Waals surface area contributed by atoms with E-state index in [1.54, 1.807) is 0 Å². The van der Waals surface area contributed by atoms with Crippen molar-refractivity contribution in [3.63, 3.8) is 0 Å². The standard InChI is InChI=1S/C61H108NO8P/c1-3-5-7-9-11-13-15-17-19-21-23-25-26-27-28-29-30-31-32-34-36-38-40-42-44-46-48-50-52-54-61(64)70-59(58-69-71(65,66)68-56-55-62)57-67-60(63)53-51-49-47-45-43-41-39-37-35-33-24-22-20-18-16-14-12-10-8-6-4-2/h5,7,11,13,16-19,22-25,27-28,59H,3-4,6,8-10,12,14-15,20-21,26,29-58,62H2,1-2H3,(H,65,66)/b7-5-,13-11-,18-16-,19-17-,24-22-,25-23-,28-27-. The van der Waals surface area contributed by atoms with E-state index in [1.165, 1.54) is 141 Å². The molecule has 2 unspecified atom stereocenters. The molecule has 0 aliphatic rings. The predicted octanol–water partition coefficient (Wildman–Crippen LogP) is 18.3. The van der Waals surface area contributed by atoms with Crippen LogP contribution in [0.4, 0.5) is 0 Å². The maximum Gasteiger partial charge on any atom is 0.472 e. The van der Waals surface area contributed by atoms with Crippen LogP contribution in [0.2, 0.25) is 0 Å². The van der Waals surface area contributed by atoms with Crippen molar-refractivity contribution in [2.75, 3.05) is 26.4 Å². The fraction of sp³-hybridized carbons (Fsp3) is 0.738. The molecule has 3 N–H and O–H groups in total. The molecule has 0 fully saturated rings. The van der Waals surface area contributed by atoms with E-state index < -0.39 is 26.5 Å². The number of nitrogens with two attached hydrogens (primary N) is 1. The summed E-state index contributed by atoms with van der Waals surface area (Å²) in [4.78, 5) is 35.2. The van der Waals surface area contributed by atoms with Crippen LogP contribution in [0.15, 0.2) is 85.1 Å². The van der Waals surface area contributed by atoms with Gasteiger partial charge in [0.2, 0.25) is 0 Å². The third-order valence-electron chi connectivity index (χ3n) is 12.3. The van der Waals surface area contributed by atoms with Crippen LogP contribution in [0.1, 0.15) is 258 Å². The van der Waals surface area contributed by atoms with Crippen molar-refractivity contribution in [2.45, 2.75) is 264 Å². The highest BCUT2D eigenvalue weighted by Crippen LogP contribution is 2.43. The normalized spacial score (nSPS) is 13.7. The smallest absolute Gasteiger partial charge is 0.462 e. The van der Waals surface area contributed by atoms with Gasteiger partial charge in [-0.2, -0.15) is 0 Å². The fourth-order valence-corrected chi connectivity index (χ4v) is 8.75. The summed E-state index contributed by atoms with van der Waals surface area (Å²) >= 11 is 0. The van der Waals surface area contributed by atoms with Gasteiger partial charge < -0.3 is 20.1 Å². The topological polar surface area (TPSA) is 134 Å². The van der Waals surface area contributed by atoms with Crippen LogP contribution in [-0.2, 0) is 32.7 Å². The number of allylic oxidation sites excluding steroid dienone is 14. The average molecular weight is 1010 g/mol. The maximum atomic E-state index is 12.7. The number of ether oxygens (including phenoxy) is 2. The SMILES string of the molecule is CC/C=C\C/C=C\C/C=C\C/C=C\C/C=C\CCCCCCCCCCCCCCCC(=O)OC(COC(=O)CCCCCCCCCCC/C=C\C/C=C\CCCCCCC)COP(=O)(O)OCCN. The number of esters is 2. The number of phosphoric ester groups is 1. The van der Waals surface area contributed by atoms with Gasteiger partial charge in [-0.15, -0.1) is 0 Å². The molecule has 0 aromatic carbocycles. The Morgan fingerprint density at radius 3 is 1.15 bits per heavy atom. The van der Waals surface area contributed by atoms with Crippen LogP contribution in [0.3, 0.4) is 0 Å². The van der Waals surface area contributed by atoms with Gasteiger partial charge in [0.15, 0.2) is 6.10 Å². The molecule has 2 atom stereocenters. The van der Waals surface area contributed by atoms with Gasteiger partial charge in [0.05, 0.1) is 13.2 Å². The third kappa shape index (κ3) is 56.3. The van der Waals surface area contributed by atoms with E-state index in [9.17, 15) is 19.0 Å². The molecule has 0 aliphatic heterocycles. The monoisotopic (exact) mass is 1010 g/mol. The highest BCUT2D eigenvalue weighted by atomic mass is 31.2. The number of carbonyl (C=O) groups excluding carboxylic acids is 2. The molecule has 0 bridgehead atoms. The van der Waals surface area contributed by atoms with E-state index in [2.05, 4.69) is 98.9 Å². The van der Waals surface area contributed by atoms with Crippen molar-refractivity contribution in [2.24, 2.45) is 5.73 Å². The minimum absolute atomic E-state index is 0.0498. The Morgan fingerprint density at radius 1 is 0.437 bits per heavy atom. The van der Waals surface area contributed by atoms with E-state index in [-0.39, 0.29) is 38.6 Å². The summed E-state index contributed by atoms with van der Waals surface area (Å²) in [5.74, 6) is -0.831. The van der Waals surface area contributed by atoms with Gasteiger partial charge in [0, 0.05) is 19.4 Å². The van der Waals surface area contributed by atoms with E-state index in [0.717, 1.165) is 83.5 Å². The zero-order valence-electron chi connectivity index (χ0n) is 45.7. The average Bonchev–Trinajstić information content (AvgIpc) is 3.36. The highest BCUT2D eigenvalue weighted by Gasteiger charge is 2.26. The third-order valence-corrected chi connectivity index (χ3v) is 13.2. The fourth-order valence-electron chi connectivity index (χ4n) is 7.99. The van der Waals surface area contributed by atoms with E-state index >= 15 is 0 Å². The lowest BCUT2D eigenvalue weighted by atomic mass is 10.0. The summed E-state index contributed by atoms with van der Waals surface area (Å²) in [5.41, 5.74) is 5.38. The minimum atomic E-state index is -4.39. The predicted molar refractivity (Wildman–Crippen MR) is 302 cm³/mol. The van der Waals surface area contributed by atoms with E-state index in [4.69, 9.17) is 24.3 Å². The van der Waals surface area contributed by atoms with Crippen LogP contribution in [-0.4, -0.2) is 49.3 Å². The molecule has 0 aromatic heterocycles. The first kappa shape index (κ1) is 68.2. The van der Waals surface area contributed by atoms with Gasteiger partial charge in [0.25, 0.3) is 0 Å². The first-order valence-corrected chi connectivity index (χ1v) is 30.6. The van der Waals surface area contributed by atoms with Gasteiger partial charge in [0.1, 0.15) is 6.61 Å². The van der Waals surface area contributed by atoms with Crippen LogP contribution in [0, 0.1) is 0 Å². The van der Waals surface area contributed by atoms with Crippen molar-refractivity contribution >= 4 is 19.8 Å². The number of hydrogen-bond donors (Lipinski definition) is 2. The Morgan fingerprint density at radius 2 is 0.775 bits per heavy atom. The Balaban J connectivity index is 3.98. The Hall–Kier alpha value is -2.81. The van der Waals surface area contributed by atoms with Crippen molar-refractivity contribution in [3.8, 4) is 0 Å². The molecule has 0 saturated carbocycles. The molecule has 10 heteroatoms. The second kappa shape index (κ2) is 56.5. The van der Waals surface area contributed by atoms with Crippen LogP contribution < -0.4 is 5.73 Å². The van der Waals surface area contributed by atoms with Crippen molar-refractivity contribution < 1.29 is 37.6 Å². The van der Waals surface area contributed by atoms with Crippen LogP contribution >= 0.6 is 7.82 Å². The summed E-state index contributed by atoms with van der Waals surface area (Å²) < 4.78 is 33.0. The zero-order valence-corrected chi connectivity index (χ0v) is 46.6. The molecule has 71 heavy (non-hydrogen) atoms. The van der Waals surface area contributed by atoms with Gasteiger partial charge in [-0.1, -0.05) is 240 Å². The first-order valence-electron chi connectivity index (χ1n) is 29.1. The molecule has 410 valence electrons. The number of rotatable bonds is 54. The Bertz CT molecular complexity index is 1440. The van der Waals surface area contributed by atoms with Gasteiger partial charge >= 0.3 is 19.8 Å². The lowest BCUT2D eigenvalue weighted by Gasteiger charge is -2.19. The summed E-state index contributed by atoms with van der Waals surface area (Å²) in [6.45, 7) is 3.63. The molecule has 0 heterocycles. The largest absolute Gasteiger partial charge is 0.472 e. The van der Waals surface area contributed by atoms with Gasteiger partial charge in [-0.05, 0) is 89.9 Å². The van der Waals surface area contributed by atoms with E-state index in [0.29, 0.717) is 6.42 Å². The molecule has 0 aliphatic carbocycles. The van der Waals surface area contributed by atoms with Crippen molar-refractivity contribution in [1.29, 1.82) is 0 Å². The summed E-state index contributed by atoms with van der Waals surface area (Å²) in [7, 11) is -4.39. The molecule has 0 amide bonds.